The molecule has 12 heteroatoms. The number of halogens is 1. The van der Waals surface area contributed by atoms with Crippen LogP contribution in [0.5, 0.6) is 11.5 Å². The number of amides is 3. The summed E-state index contributed by atoms with van der Waals surface area (Å²) in [6.45, 7) is 2.94. The first-order chi connectivity index (χ1) is 17.2. The summed E-state index contributed by atoms with van der Waals surface area (Å²) in [6.07, 6.45) is 3.32. The number of carbonyl (C=O) groups excluding carboxylic acids is 3. The molecule has 3 amide bonds. The maximum absolute atomic E-state index is 12.8. The van der Waals surface area contributed by atoms with Crippen molar-refractivity contribution in [1.29, 1.82) is 0 Å². The van der Waals surface area contributed by atoms with Crippen LogP contribution in [0.15, 0.2) is 52.3 Å². The first kappa shape index (κ1) is 26.1. The van der Waals surface area contributed by atoms with Gasteiger partial charge in [0, 0.05) is 18.1 Å². The summed E-state index contributed by atoms with van der Waals surface area (Å²) in [4.78, 5) is 40.3. The Hall–Kier alpha value is -3.02. The molecule has 190 valence electrons. The average molecular weight is 551 g/mol. The van der Waals surface area contributed by atoms with Gasteiger partial charge in [-0.2, -0.15) is 8.42 Å². The zero-order chi connectivity index (χ0) is 25.9. The smallest absolute Gasteiger partial charge is 0.339 e. The van der Waals surface area contributed by atoms with Gasteiger partial charge in [-0.3, -0.25) is 19.3 Å². The number of benzene rings is 2. The molecule has 2 heterocycles. The van der Waals surface area contributed by atoms with E-state index in [1.54, 1.807) is 17.9 Å². The number of thioether (sulfide) groups is 1. The molecule has 2 aromatic rings. The normalized spacial score (nSPS) is 17.2. The maximum atomic E-state index is 12.8. The van der Waals surface area contributed by atoms with E-state index >= 15 is 0 Å². The monoisotopic (exact) mass is 550 g/mol. The largest absolute Gasteiger partial charge is 0.490 e. The highest BCUT2D eigenvalue weighted by molar-refractivity contribution is 8.18. The van der Waals surface area contributed by atoms with E-state index in [2.05, 4.69) is 0 Å². The fraction of sp³-hybridized carbons (Fsp3) is 0.292. The van der Waals surface area contributed by atoms with Crippen molar-refractivity contribution in [3.05, 3.63) is 58.0 Å². The first-order valence-corrected chi connectivity index (χ1v) is 13.8. The zero-order valence-corrected chi connectivity index (χ0v) is 21.7. The Morgan fingerprint density at radius 2 is 1.78 bits per heavy atom. The van der Waals surface area contributed by atoms with E-state index in [-0.39, 0.29) is 40.4 Å². The standard InChI is InChI=1S/C24H23ClN2O7S2/c1-2-33-20-13-16(5-10-19(20)34-36(31,32)18-8-6-17(25)7-9-18)14-21-23(29)27(24(30)35-21)15-22(28)26-11-3-4-12-26/h5-10,13-14H,2-4,11-12,15H2,1H3/b21-14-. The lowest BCUT2D eigenvalue weighted by Crippen LogP contribution is -2.40. The number of ether oxygens (including phenoxy) is 1. The lowest BCUT2D eigenvalue weighted by Gasteiger charge is -2.18. The molecule has 0 N–H and O–H groups in total. The van der Waals surface area contributed by atoms with Crippen LogP contribution in [0.25, 0.3) is 6.08 Å². The Kier molecular flexibility index (Phi) is 7.91. The lowest BCUT2D eigenvalue weighted by molar-refractivity contribution is -0.135. The van der Waals surface area contributed by atoms with E-state index in [1.807, 2.05) is 0 Å². The van der Waals surface area contributed by atoms with E-state index in [0.717, 1.165) is 29.5 Å². The third kappa shape index (κ3) is 5.85. The molecule has 0 unspecified atom stereocenters. The molecule has 0 spiro atoms. The fourth-order valence-electron chi connectivity index (χ4n) is 3.71. The molecule has 2 saturated heterocycles. The number of carbonyl (C=O) groups is 3. The lowest BCUT2D eigenvalue weighted by atomic mass is 10.2. The second kappa shape index (κ2) is 10.9. The highest BCUT2D eigenvalue weighted by Crippen LogP contribution is 2.35. The second-order valence-electron chi connectivity index (χ2n) is 7.99. The van der Waals surface area contributed by atoms with Crippen molar-refractivity contribution in [3.63, 3.8) is 0 Å². The van der Waals surface area contributed by atoms with Gasteiger partial charge in [-0.25, -0.2) is 0 Å². The molecule has 0 saturated carbocycles. The van der Waals surface area contributed by atoms with Gasteiger partial charge >= 0.3 is 10.1 Å². The van der Waals surface area contributed by atoms with Gasteiger partial charge in [0.25, 0.3) is 11.1 Å². The summed E-state index contributed by atoms with van der Waals surface area (Å²) < 4.78 is 36.2. The molecule has 36 heavy (non-hydrogen) atoms. The molecule has 2 aromatic carbocycles. The van der Waals surface area contributed by atoms with Crippen molar-refractivity contribution >= 4 is 56.6 Å². The number of imide groups is 1. The maximum Gasteiger partial charge on any atom is 0.339 e. The number of likely N-dealkylation sites (tertiary alicyclic amines) is 1. The van der Waals surface area contributed by atoms with Crippen LogP contribution in [-0.4, -0.2) is 61.5 Å². The minimum Gasteiger partial charge on any atom is -0.490 e. The number of rotatable bonds is 8. The Morgan fingerprint density at radius 3 is 2.44 bits per heavy atom. The van der Waals surface area contributed by atoms with Crippen molar-refractivity contribution in [2.75, 3.05) is 26.2 Å². The predicted octanol–water partition coefficient (Wildman–Crippen LogP) is 4.17. The third-order valence-electron chi connectivity index (χ3n) is 5.49. The van der Waals surface area contributed by atoms with Crippen LogP contribution in [0.2, 0.25) is 5.02 Å². The van der Waals surface area contributed by atoms with Crippen molar-refractivity contribution < 1.29 is 31.7 Å². The van der Waals surface area contributed by atoms with Gasteiger partial charge in [0.2, 0.25) is 5.91 Å². The second-order valence-corrected chi connectivity index (χ2v) is 11.0. The van der Waals surface area contributed by atoms with Gasteiger partial charge in [0.05, 0.1) is 11.5 Å². The van der Waals surface area contributed by atoms with Gasteiger partial charge in [-0.05, 0) is 79.6 Å². The molecule has 0 bridgehead atoms. The quantitative estimate of drug-likeness (QED) is 0.356. The van der Waals surface area contributed by atoms with Gasteiger partial charge in [-0.15, -0.1) is 0 Å². The molecule has 9 nitrogen and oxygen atoms in total. The molecule has 2 aliphatic rings. The van der Waals surface area contributed by atoms with Crippen LogP contribution in [0, 0.1) is 0 Å². The molecular weight excluding hydrogens is 528 g/mol. The third-order valence-corrected chi connectivity index (χ3v) is 7.90. The molecular formula is C24H23ClN2O7S2. The predicted molar refractivity (Wildman–Crippen MR) is 135 cm³/mol. The number of hydrogen-bond acceptors (Lipinski definition) is 8. The Balaban J connectivity index is 1.53. The average Bonchev–Trinajstić information content (AvgIpc) is 3.46. The van der Waals surface area contributed by atoms with Gasteiger partial charge in [-0.1, -0.05) is 17.7 Å². The summed E-state index contributed by atoms with van der Waals surface area (Å²) in [5, 5.41) is -0.129. The number of hydrogen-bond donors (Lipinski definition) is 0. The van der Waals surface area contributed by atoms with Gasteiger partial charge in [0.15, 0.2) is 11.5 Å². The summed E-state index contributed by atoms with van der Waals surface area (Å²) in [5.41, 5.74) is 0.492. The van der Waals surface area contributed by atoms with E-state index < -0.39 is 21.3 Å². The fourth-order valence-corrected chi connectivity index (χ4v) is 5.61. The first-order valence-electron chi connectivity index (χ1n) is 11.2. The summed E-state index contributed by atoms with van der Waals surface area (Å²) in [7, 11) is -4.15. The van der Waals surface area contributed by atoms with E-state index in [1.165, 1.54) is 42.5 Å². The van der Waals surface area contributed by atoms with Crippen molar-refractivity contribution in [2.24, 2.45) is 0 Å². The molecule has 4 rings (SSSR count). The Morgan fingerprint density at radius 1 is 1.08 bits per heavy atom. The summed E-state index contributed by atoms with van der Waals surface area (Å²) in [6, 6.07) is 10.0. The molecule has 0 atom stereocenters. The van der Waals surface area contributed by atoms with Crippen molar-refractivity contribution in [2.45, 2.75) is 24.7 Å². The van der Waals surface area contributed by atoms with E-state index in [0.29, 0.717) is 23.7 Å². The topological polar surface area (TPSA) is 110 Å². The van der Waals surface area contributed by atoms with Crippen LogP contribution in [0.1, 0.15) is 25.3 Å². The Labute approximate surface area is 218 Å². The SMILES string of the molecule is CCOc1cc(/C=C2\SC(=O)N(CC(=O)N3CCCC3)C2=O)ccc1OS(=O)(=O)c1ccc(Cl)cc1. The molecule has 0 aromatic heterocycles. The van der Waals surface area contributed by atoms with Gasteiger partial charge in [0.1, 0.15) is 11.4 Å². The van der Waals surface area contributed by atoms with E-state index in [4.69, 9.17) is 20.5 Å². The number of nitrogens with zero attached hydrogens (tertiary/aromatic N) is 2. The van der Waals surface area contributed by atoms with Crippen LogP contribution in [0.3, 0.4) is 0 Å². The van der Waals surface area contributed by atoms with Crippen molar-refractivity contribution in [1.82, 2.24) is 9.80 Å². The van der Waals surface area contributed by atoms with Crippen molar-refractivity contribution in [3.8, 4) is 11.5 Å². The van der Waals surface area contributed by atoms with Crippen LogP contribution in [-0.2, 0) is 19.7 Å². The molecule has 0 aliphatic carbocycles. The minimum atomic E-state index is -4.15. The van der Waals surface area contributed by atoms with Crippen LogP contribution < -0.4 is 8.92 Å². The molecule has 2 aliphatic heterocycles. The summed E-state index contributed by atoms with van der Waals surface area (Å²) >= 11 is 6.57. The van der Waals surface area contributed by atoms with Crippen LogP contribution >= 0.6 is 23.4 Å². The highest BCUT2D eigenvalue weighted by Gasteiger charge is 2.37. The van der Waals surface area contributed by atoms with Gasteiger partial charge < -0.3 is 13.8 Å². The van der Waals surface area contributed by atoms with Crippen LogP contribution in [0.4, 0.5) is 4.79 Å². The molecule has 0 radical (unpaired) electrons. The Bertz CT molecular complexity index is 1320. The highest BCUT2D eigenvalue weighted by atomic mass is 35.5. The zero-order valence-electron chi connectivity index (χ0n) is 19.3. The molecule has 2 fully saturated rings. The summed E-state index contributed by atoms with van der Waals surface area (Å²) in [5.74, 6) is -0.695. The minimum absolute atomic E-state index is 0.0340. The van der Waals surface area contributed by atoms with E-state index in [9.17, 15) is 22.8 Å².